The minimum atomic E-state index is -1.39. The predicted molar refractivity (Wildman–Crippen MR) is 143 cm³/mol. The number of para-hydroxylation sites is 2. The van der Waals surface area contributed by atoms with Gasteiger partial charge in [0.1, 0.15) is 6.61 Å². The number of nitrogens with zero attached hydrogens (tertiary/aromatic N) is 4. The van der Waals surface area contributed by atoms with E-state index in [1.54, 1.807) is 10.6 Å². The number of fused-ring (bicyclic) bond motifs is 5. The molecule has 0 spiro atoms. The Kier molecular flexibility index (Phi) is 7.22. The van der Waals surface area contributed by atoms with E-state index in [-0.39, 0.29) is 24.9 Å². The Morgan fingerprint density at radius 3 is 2.32 bits per heavy atom. The minimum absolute atomic E-state index is 0.0304. The van der Waals surface area contributed by atoms with Crippen LogP contribution < -0.4 is 5.56 Å². The van der Waals surface area contributed by atoms with E-state index in [4.69, 9.17) is 9.94 Å². The Labute approximate surface area is 222 Å². The molecular formula is C29H38N4O5. The van der Waals surface area contributed by atoms with Crippen LogP contribution in [-0.2, 0) is 9.63 Å². The van der Waals surface area contributed by atoms with Gasteiger partial charge in [-0.05, 0) is 68.9 Å². The van der Waals surface area contributed by atoms with Gasteiger partial charge in [-0.2, -0.15) is 0 Å². The third-order valence-electron chi connectivity index (χ3n) is 9.46. The van der Waals surface area contributed by atoms with Crippen molar-refractivity contribution in [1.82, 2.24) is 14.5 Å². The van der Waals surface area contributed by atoms with Gasteiger partial charge in [0.15, 0.2) is 5.69 Å². The molecule has 9 nitrogen and oxygen atoms in total. The topological polar surface area (TPSA) is 117 Å². The summed E-state index contributed by atoms with van der Waals surface area (Å²) in [4.78, 5) is 38.2. The molecule has 2 aliphatic heterocycles. The number of piperidine rings is 2. The number of rotatable bonds is 7. The summed E-state index contributed by atoms with van der Waals surface area (Å²) in [5.41, 5.74) is 0.0919. The maximum Gasteiger partial charge on any atom is 0.360 e. The zero-order valence-corrected chi connectivity index (χ0v) is 21.9. The number of aliphatic carboxylic acids is 1. The molecule has 1 aromatic heterocycles. The highest BCUT2D eigenvalue weighted by atomic mass is 16.6. The van der Waals surface area contributed by atoms with Crippen molar-refractivity contribution in [2.45, 2.75) is 94.8 Å². The molecule has 9 heteroatoms. The summed E-state index contributed by atoms with van der Waals surface area (Å²) < 4.78 is 1.79. The molecule has 2 saturated heterocycles. The molecule has 6 rings (SSSR count). The van der Waals surface area contributed by atoms with E-state index < -0.39 is 17.2 Å². The van der Waals surface area contributed by atoms with Crippen molar-refractivity contribution in [3.63, 3.8) is 0 Å². The van der Waals surface area contributed by atoms with Gasteiger partial charge in [-0.1, -0.05) is 43.0 Å². The first kappa shape index (κ1) is 25.5. The molecular weight excluding hydrogens is 484 g/mol. The van der Waals surface area contributed by atoms with Crippen LogP contribution in [0.3, 0.4) is 0 Å². The van der Waals surface area contributed by atoms with Gasteiger partial charge in [0.05, 0.1) is 17.6 Å². The Morgan fingerprint density at radius 1 is 0.947 bits per heavy atom. The summed E-state index contributed by atoms with van der Waals surface area (Å²) in [5, 5.41) is 22.5. The van der Waals surface area contributed by atoms with E-state index in [0.29, 0.717) is 23.6 Å². The highest BCUT2D eigenvalue weighted by Crippen LogP contribution is 2.47. The first-order valence-corrected chi connectivity index (χ1v) is 14.4. The second-order valence-electron chi connectivity index (χ2n) is 11.8. The molecule has 4 fully saturated rings. The highest BCUT2D eigenvalue weighted by molar-refractivity contribution is 6.41. The largest absolute Gasteiger partial charge is 0.476 e. The number of hydrogen-bond donors (Lipinski definition) is 2. The molecule has 2 aromatic rings. The fourth-order valence-corrected chi connectivity index (χ4v) is 8.14. The van der Waals surface area contributed by atoms with Crippen LogP contribution in [0.25, 0.3) is 11.0 Å². The van der Waals surface area contributed by atoms with Crippen molar-refractivity contribution < 1.29 is 19.8 Å². The van der Waals surface area contributed by atoms with E-state index in [2.05, 4.69) is 15.0 Å². The maximum atomic E-state index is 13.9. The number of oxime groups is 1. The summed E-state index contributed by atoms with van der Waals surface area (Å²) in [6.07, 6.45) is 13.5. The van der Waals surface area contributed by atoms with Crippen molar-refractivity contribution in [3.05, 3.63) is 40.3 Å². The number of carboxylic acids is 1. The van der Waals surface area contributed by atoms with Crippen LogP contribution in [-0.4, -0.2) is 67.7 Å². The number of hydrogen-bond acceptors (Lipinski definition) is 7. The Bertz CT molecular complexity index is 1250. The van der Waals surface area contributed by atoms with E-state index in [0.717, 1.165) is 43.0 Å². The van der Waals surface area contributed by atoms with Gasteiger partial charge in [-0.15, -0.1) is 0 Å². The molecule has 2 saturated carbocycles. The second kappa shape index (κ2) is 10.8. The number of aliphatic hydroxyl groups is 1. The van der Waals surface area contributed by atoms with E-state index in [1.807, 2.05) is 18.2 Å². The monoisotopic (exact) mass is 522 g/mol. The van der Waals surface area contributed by atoms with Crippen molar-refractivity contribution in [2.75, 3.05) is 13.2 Å². The number of aromatic nitrogens is 2. The highest BCUT2D eigenvalue weighted by Gasteiger charge is 2.45. The van der Waals surface area contributed by atoms with Gasteiger partial charge >= 0.3 is 5.97 Å². The molecule has 4 atom stereocenters. The van der Waals surface area contributed by atoms with E-state index >= 15 is 0 Å². The Morgan fingerprint density at radius 2 is 1.63 bits per heavy atom. The molecule has 4 bridgehead atoms. The van der Waals surface area contributed by atoms with Crippen LogP contribution in [0.1, 0.15) is 82.4 Å². The summed E-state index contributed by atoms with van der Waals surface area (Å²) in [7, 11) is 0. The predicted octanol–water partition coefficient (Wildman–Crippen LogP) is 3.72. The van der Waals surface area contributed by atoms with Crippen LogP contribution in [0.5, 0.6) is 0 Å². The molecule has 38 heavy (non-hydrogen) atoms. The van der Waals surface area contributed by atoms with Crippen LogP contribution in [0.4, 0.5) is 0 Å². The summed E-state index contributed by atoms with van der Waals surface area (Å²) >= 11 is 0. The van der Waals surface area contributed by atoms with Gasteiger partial charge < -0.3 is 19.6 Å². The molecule has 4 aliphatic rings. The SMILES string of the molecule is O=C(O)C(=NOCCO)c1nc2ccccc2n(C2CC3CCCC(C2)N3C2CC3CCCC(C3)C2)c1=O. The molecule has 0 amide bonds. The second-order valence-corrected chi connectivity index (χ2v) is 11.8. The van der Waals surface area contributed by atoms with Gasteiger partial charge in [0, 0.05) is 24.2 Å². The molecule has 2 aliphatic carbocycles. The van der Waals surface area contributed by atoms with Crippen LogP contribution in [0.2, 0.25) is 0 Å². The molecule has 2 N–H and O–H groups in total. The lowest BCUT2D eigenvalue weighted by Gasteiger charge is -2.55. The lowest BCUT2D eigenvalue weighted by atomic mass is 9.68. The minimum Gasteiger partial charge on any atom is -0.476 e. The molecule has 204 valence electrons. The number of carbonyl (C=O) groups is 1. The zero-order chi connectivity index (χ0) is 26.2. The normalized spacial score (nSPS) is 31.8. The zero-order valence-electron chi connectivity index (χ0n) is 21.9. The fraction of sp³-hybridized carbons (Fsp3) is 0.655. The van der Waals surface area contributed by atoms with Gasteiger partial charge in [-0.3, -0.25) is 9.69 Å². The Hall–Kier alpha value is -2.78. The average Bonchev–Trinajstić information content (AvgIpc) is 2.90. The number of benzene rings is 1. The van der Waals surface area contributed by atoms with Crippen molar-refractivity contribution >= 4 is 22.7 Å². The van der Waals surface area contributed by atoms with Crippen LogP contribution >= 0.6 is 0 Å². The first-order valence-electron chi connectivity index (χ1n) is 14.4. The van der Waals surface area contributed by atoms with E-state index in [9.17, 15) is 14.7 Å². The lowest BCUT2D eigenvalue weighted by molar-refractivity contribution is -0.129. The summed E-state index contributed by atoms with van der Waals surface area (Å²) in [6.45, 7) is -0.473. The number of aliphatic hydroxyl groups excluding tert-OH is 1. The molecule has 3 heterocycles. The first-order chi connectivity index (χ1) is 18.5. The lowest BCUT2D eigenvalue weighted by Crippen LogP contribution is -2.58. The van der Waals surface area contributed by atoms with Gasteiger partial charge in [0.25, 0.3) is 5.56 Å². The molecule has 4 unspecified atom stereocenters. The molecule has 1 aromatic carbocycles. The fourth-order valence-electron chi connectivity index (χ4n) is 8.14. The number of carboxylic acid groups (broad SMARTS) is 1. The average molecular weight is 523 g/mol. The van der Waals surface area contributed by atoms with Crippen molar-refractivity contribution in [2.24, 2.45) is 17.0 Å². The van der Waals surface area contributed by atoms with Crippen molar-refractivity contribution in [3.8, 4) is 0 Å². The van der Waals surface area contributed by atoms with Crippen LogP contribution in [0.15, 0.2) is 34.2 Å². The summed E-state index contributed by atoms with van der Waals surface area (Å²) in [5.74, 6) is 0.369. The third kappa shape index (κ3) is 4.75. The quantitative estimate of drug-likeness (QED) is 0.323. The Balaban J connectivity index is 1.36. The van der Waals surface area contributed by atoms with Crippen LogP contribution in [0, 0.1) is 11.8 Å². The standard InChI is InChI=1S/C29H38N4O5/c34-11-12-38-31-27(29(36)37)26-28(35)33(25-10-2-1-9-24(25)30-26)23-16-20-7-4-8-21(17-23)32(20)22-14-18-5-3-6-19(13-18)15-22/h1-2,9-10,18-23,34H,3-8,11-17H2,(H,36,37). The third-order valence-corrected chi connectivity index (χ3v) is 9.46. The molecule has 0 radical (unpaired) electrons. The summed E-state index contributed by atoms with van der Waals surface area (Å²) in [6, 6.07) is 8.96. The van der Waals surface area contributed by atoms with Crippen molar-refractivity contribution in [1.29, 1.82) is 0 Å². The maximum absolute atomic E-state index is 13.9. The smallest absolute Gasteiger partial charge is 0.360 e. The van der Waals surface area contributed by atoms with Gasteiger partial charge in [-0.25, -0.2) is 9.78 Å². The van der Waals surface area contributed by atoms with Gasteiger partial charge in [0.2, 0.25) is 5.71 Å². The van der Waals surface area contributed by atoms with E-state index in [1.165, 1.54) is 44.9 Å².